The Morgan fingerprint density at radius 2 is 2.30 bits per heavy atom. The van der Waals surface area contributed by atoms with Crippen molar-refractivity contribution >= 4 is 17.5 Å². The van der Waals surface area contributed by atoms with Crippen LogP contribution in [0, 0.1) is 5.92 Å². The third-order valence-corrected chi connectivity index (χ3v) is 3.80. The molecule has 1 N–H and O–H groups in total. The highest BCUT2D eigenvalue weighted by Gasteiger charge is 2.24. The third-order valence-electron chi connectivity index (χ3n) is 3.80. The zero-order chi connectivity index (χ0) is 14.1. The largest absolute Gasteiger partial charge is 0.482 e. The molecule has 1 atom stereocenters. The lowest BCUT2D eigenvalue weighted by Gasteiger charge is -2.31. The molecule has 1 aromatic carbocycles. The monoisotopic (exact) mass is 274 g/mol. The van der Waals surface area contributed by atoms with Gasteiger partial charge in [0.25, 0.3) is 11.8 Å². The quantitative estimate of drug-likeness (QED) is 0.850. The standard InChI is InChI=1S/C15H18N2O3/c1-10-3-2-6-17(8-10)15(19)11-4-5-13-12(7-11)16-14(18)9-20-13/h4-5,7,10H,2-3,6,8-9H2,1H3,(H,16,18). The van der Waals surface area contributed by atoms with Gasteiger partial charge < -0.3 is 15.0 Å². The average Bonchev–Trinajstić information content (AvgIpc) is 2.45. The van der Waals surface area contributed by atoms with E-state index in [4.69, 9.17) is 4.74 Å². The van der Waals surface area contributed by atoms with E-state index >= 15 is 0 Å². The number of carbonyl (C=O) groups is 2. The number of hydrogen-bond acceptors (Lipinski definition) is 3. The molecule has 1 fully saturated rings. The summed E-state index contributed by atoms with van der Waals surface area (Å²) in [7, 11) is 0. The van der Waals surface area contributed by atoms with Crippen molar-refractivity contribution in [1.29, 1.82) is 0 Å². The molecule has 0 bridgehead atoms. The minimum atomic E-state index is -0.186. The molecule has 1 unspecified atom stereocenters. The smallest absolute Gasteiger partial charge is 0.262 e. The number of rotatable bonds is 1. The van der Waals surface area contributed by atoms with E-state index in [1.807, 2.05) is 4.90 Å². The molecule has 2 aliphatic rings. The lowest BCUT2D eigenvalue weighted by Crippen LogP contribution is -2.39. The number of anilines is 1. The Balaban J connectivity index is 1.81. The molecule has 0 aliphatic carbocycles. The number of carbonyl (C=O) groups excluding carboxylic acids is 2. The van der Waals surface area contributed by atoms with Crippen LogP contribution in [0.4, 0.5) is 5.69 Å². The highest BCUT2D eigenvalue weighted by molar-refractivity contribution is 5.99. The van der Waals surface area contributed by atoms with Gasteiger partial charge in [-0.15, -0.1) is 0 Å². The van der Waals surface area contributed by atoms with E-state index in [-0.39, 0.29) is 18.4 Å². The van der Waals surface area contributed by atoms with E-state index in [0.29, 0.717) is 22.9 Å². The van der Waals surface area contributed by atoms with Gasteiger partial charge in [-0.1, -0.05) is 6.92 Å². The van der Waals surface area contributed by atoms with Crippen molar-refractivity contribution in [3.8, 4) is 5.75 Å². The highest BCUT2D eigenvalue weighted by Crippen LogP contribution is 2.29. The molecule has 1 aromatic rings. The SMILES string of the molecule is CC1CCCN(C(=O)c2ccc3c(c2)NC(=O)CO3)C1. The van der Waals surface area contributed by atoms with Crippen LogP contribution in [0.25, 0.3) is 0 Å². The first-order chi connectivity index (χ1) is 9.63. The van der Waals surface area contributed by atoms with Gasteiger partial charge in [-0.05, 0) is 37.0 Å². The Bertz CT molecular complexity index is 556. The first-order valence-electron chi connectivity index (χ1n) is 6.99. The van der Waals surface area contributed by atoms with E-state index < -0.39 is 0 Å². The second-order valence-electron chi connectivity index (χ2n) is 5.55. The normalized spacial score (nSPS) is 21.8. The van der Waals surface area contributed by atoms with Crippen molar-refractivity contribution < 1.29 is 14.3 Å². The summed E-state index contributed by atoms with van der Waals surface area (Å²) >= 11 is 0. The summed E-state index contributed by atoms with van der Waals surface area (Å²) in [5.41, 5.74) is 1.18. The van der Waals surface area contributed by atoms with Crippen molar-refractivity contribution in [3.63, 3.8) is 0 Å². The minimum absolute atomic E-state index is 0.0270. The number of nitrogens with one attached hydrogen (secondary N) is 1. The van der Waals surface area contributed by atoms with Crippen LogP contribution >= 0.6 is 0 Å². The van der Waals surface area contributed by atoms with Crippen LogP contribution in [-0.2, 0) is 4.79 Å². The Morgan fingerprint density at radius 1 is 1.45 bits per heavy atom. The number of ether oxygens (including phenoxy) is 1. The maximum absolute atomic E-state index is 12.5. The number of nitrogens with zero attached hydrogens (tertiary/aromatic N) is 1. The molecule has 0 saturated carbocycles. The van der Waals surface area contributed by atoms with E-state index in [9.17, 15) is 9.59 Å². The van der Waals surface area contributed by atoms with E-state index in [2.05, 4.69) is 12.2 Å². The van der Waals surface area contributed by atoms with Crippen molar-refractivity contribution in [1.82, 2.24) is 4.90 Å². The summed E-state index contributed by atoms with van der Waals surface area (Å²) in [6.07, 6.45) is 2.23. The summed E-state index contributed by atoms with van der Waals surface area (Å²) in [4.78, 5) is 25.7. The molecule has 2 aliphatic heterocycles. The molecule has 0 aromatic heterocycles. The molecule has 0 spiro atoms. The van der Waals surface area contributed by atoms with Crippen LogP contribution in [0.15, 0.2) is 18.2 Å². The molecule has 0 radical (unpaired) electrons. The van der Waals surface area contributed by atoms with Crippen LogP contribution in [0.1, 0.15) is 30.1 Å². The van der Waals surface area contributed by atoms with Crippen molar-refractivity contribution in [2.24, 2.45) is 5.92 Å². The minimum Gasteiger partial charge on any atom is -0.482 e. The second kappa shape index (κ2) is 5.15. The van der Waals surface area contributed by atoms with Crippen LogP contribution in [0.3, 0.4) is 0 Å². The fourth-order valence-electron chi connectivity index (χ4n) is 2.77. The van der Waals surface area contributed by atoms with Gasteiger partial charge in [-0.3, -0.25) is 9.59 Å². The number of hydrogen-bond donors (Lipinski definition) is 1. The molecule has 2 heterocycles. The summed E-state index contributed by atoms with van der Waals surface area (Å²) in [5.74, 6) is 1.01. The van der Waals surface area contributed by atoms with Gasteiger partial charge >= 0.3 is 0 Å². The number of likely N-dealkylation sites (tertiary alicyclic amines) is 1. The van der Waals surface area contributed by atoms with Gasteiger partial charge in [0, 0.05) is 18.7 Å². The van der Waals surface area contributed by atoms with E-state index in [1.54, 1.807) is 18.2 Å². The zero-order valence-electron chi connectivity index (χ0n) is 11.5. The Hall–Kier alpha value is -2.04. The summed E-state index contributed by atoms with van der Waals surface area (Å²) in [6, 6.07) is 5.21. The van der Waals surface area contributed by atoms with Crippen molar-refractivity contribution in [3.05, 3.63) is 23.8 Å². The molecular formula is C15H18N2O3. The number of fused-ring (bicyclic) bond motifs is 1. The topological polar surface area (TPSA) is 58.6 Å². The van der Waals surface area contributed by atoms with Gasteiger partial charge in [0.15, 0.2) is 6.61 Å². The van der Waals surface area contributed by atoms with Gasteiger partial charge in [0.05, 0.1) is 5.69 Å². The predicted molar refractivity (Wildman–Crippen MR) is 74.9 cm³/mol. The third kappa shape index (κ3) is 2.48. The van der Waals surface area contributed by atoms with Gasteiger partial charge in [0.1, 0.15) is 5.75 Å². The Labute approximate surface area is 117 Å². The first-order valence-corrected chi connectivity index (χ1v) is 6.99. The maximum Gasteiger partial charge on any atom is 0.262 e. The molecule has 5 nitrogen and oxygen atoms in total. The van der Waals surface area contributed by atoms with Crippen molar-refractivity contribution in [2.45, 2.75) is 19.8 Å². The fourth-order valence-corrected chi connectivity index (χ4v) is 2.77. The van der Waals surface area contributed by atoms with Gasteiger partial charge in [-0.25, -0.2) is 0 Å². The lowest BCUT2D eigenvalue weighted by molar-refractivity contribution is -0.118. The van der Waals surface area contributed by atoms with Gasteiger partial charge in [-0.2, -0.15) is 0 Å². The highest BCUT2D eigenvalue weighted by atomic mass is 16.5. The molecule has 5 heteroatoms. The average molecular weight is 274 g/mol. The fraction of sp³-hybridized carbons (Fsp3) is 0.467. The Kier molecular flexibility index (Phi) is 3.34. The number of benzene rings is 1. The molecule has 2 amide bonds. The van der Waals surface area contributed by atoms with Crippen molar-refractivity contribution in [2.75, 3.05) is 25.0 Å². The van der Waals surface area contributed by atoms with Gasteiger partial charge in [0.2, 0.25) is 0 Å². The number of amides is 2. The Morgan fingerprint density at radius 3 is 3.10 bits per heavy atom. The number of piperidine rings is 1. The summed E-state index contributed by atoms with van der Waals surface area (Å²) in [6.45, 7) is 3.81. The zero-order valence-corrected chi connectivity index (χ0v) is 11.5. The molecule has 20 heavy (non-hydrogen) atoms. The van der Waals surface area contributed by atoms with Crippen LogP contribution < -0.4 is 10.1 Å². The van der Waals surface area contributed by atoms with Crippen LogP contribution in [0.2, 0.25) is 0 Å². The van der Waals surface area contributed by atoms with Crippen LogP contribution in [0.5, 0.6) is 5.75 Å². The molecular weight excluding hydrogens is 256 g/mol. The lowest BCUT2D eigenvalue weighted by atomic mass is 9.99. The molecule has 3 rings (SSSR count). The molecule has 1 saturated heterocycles. The maximum atomic E-state index is 12.5. The summed E-state index contributed by atoms with van der Waals surface area (Å²) < 4.78 is 5.30. The first kappa shape index (κ1) is 13.0. The van der Waals surface area contributed by atoms with E-state index in [0.717, 1.165) is 19.5 Å². The second-order valence-corrected chi connectivity index (χ2v) is 5.55. The molecule has 106 valence electrons. The predicted octanol–water partition coefficient (Wildman–Crippen LogP) is 1.89. The summed E-state index contributed by atoms with van der Waals surface area (Å²) in [5, 5.41) is 2.73. The van der Waals surface area contributed by atoms with E-state index in [1.165, 1.54) is 6.42 Å². The van der Waals surface area contributed by atoms with Crippen LogP contribution in [-0.4, -0.2) is 36.4 Å².